The first-order valence-corrected chi connectivity index (χ1v) is 9.30. The molecule has 1 aromatic heterocycles. The van der Waals surface area contributed by atoms with E-state index in [9.17, 15) is 4.79 Å². The first kappa shape index (κ1) is 18.0. The van der Waals surface area contributed by atoms with Gasteiger partial charge >= 0.3 is 0 Å². The lowest BCUT2D eigenvalue weighted by Gasteiger charge is -2.10. The van der Waals surface area contributed by atoms with Crippen molar-refractivity contribution in [2.24, 2.45) is 0 Å². The molecule has 1 N–H and O–H groups in total. The number of aromatic nitrogens is 1. The minimum Gasteiger partial charge on any atom is -0.493 e. The first-order valence-electron chi connectivity index (χ1n) is 9.30. The number of hydrogen-bond donors (Lipinski definition) is 1. The van der Waals surface area contributed by atoms with Crippen molar-refractivity contribution in [3.05, 3.63) is 77.1 Å². The van der Waals surface area contributed by atoms with Gasteiger partial charge in [0.25, 0.3) is 5.91 Å². The lowest BCUT2D eigenvalue weighted by Crippen LogP contribution is -2.18. The van der Waals surface area contributed by atoms with Crippen molar-refractivity contribution in [1.82, 2.24) is 10.3 Å². The minimum atomic E-state index is -0.0776. The van der Waals surface area contributed by atoms with Crippen LogP contribution in [0.25, 0.3) is 11.1 Å². The highest BCUT2D eigenvalue weighted by atomic mass is 16.5. The van der Waals surface area contributed by atoms with Gasteiger partial charge in [-0.2, -0.15) is 0 Å². The molecule has 5 heteroatoms. The summed E-state index contributed by atoms with van der Waals surface area (Å²) in [7, 11) is 1.64. The van der Waals surface area contributed by atoms with Gasteiger partial charge in [0.15, 0.2) is 0 Å². The number of aryl methyl sites for hydroxylation is 1. The van der Waals surface area contributed by atoms with Crippen LogP contribution in [0.2, 0.25) is 0 Å². The first-order chi connectivity index (χ1) is 13.6. The smallest absolute Gasteiger partial charge is 0.251 e. The summed E-state index contributed by atoms with van der Waals surface area (Å²) in [6, 6.07) is 15.8. The average molecular weight is 374 g/mol. The Bertz CT molecular complexity index is 1030. The van der Waals surface area contributed by atoms with Crippen LogP contribution in [-0.4, -0.2) is 24.5 Å². The lowest BCUT2D eigenvalue weighted by atomic mass is 9.99. The van der Waals surface area contributed by atoms with Gasteiger partial charge in [-0.25, -0.2) is 0 Å². The maximum atomic E-state index is 11.9. The van der Waals surface area contributed by atoms with Gasteiger partial charge in [0, 0.05) is 31.3 Å². The predicted octanol–water partition coefficient (Wildman–Crippen LogP) is 3.93. The molecule has 1 amide bonds. The van der Waals surface area contributed by atoms with Gasteiger partial charge in [0.1, 0.15) is 18.1 Å². The molecule has 0 radical (unpaired) electrons. The summed E-state index contributed by atoms with van der Waals surface area (Å²) < 4.78 is 11.5. The summed E-state index contributed by atoms with van der Waals surface area (Å²) >= 11 is 0. The van der Waals surface area contributed by atoms with Crippen LogP contribution in [0, 0.1) is 6.92 Å². The number of rotatable bonds is 5. The third kappa shape index (κ3) is 3.69. The van der Waals surface area contributed by atoms with E-state index in [2.05, 4.69) is 16.4 Å². The summed E-state index contributed by atoms with van der Waals surface area (Å²) in [6.45, 7) is 3.05. The molecule has 0 bridgehead atoms. The number of carbonyl (C=O) groups excluding carboxylic acids is 1. The van der Waals surface area contributed by atoms with Crippen molar-refractivity contribution in [1.29, 1.82) is 0 Å². The van der Waals surface area contributed by atoms with Crippen LogP contribution in [0.5, 0.6) is 11.5 Å². The zero-order chi connectivity index (χ0) is 19.5. The summed E-state index contributed by atoms with van der Waals surface area (Å²) in [5.74, 6) is 1.61. The maximum Gasteiger partial charge on any atom is 0.251 e. The molecule has 0 aliphatic carbocycles. The third-order valence-corrected chi connectivity index (χ3v) is 4.90. The highest BCUT2D eigenvalue weighted by Gasteiger charge is 2.13. The Morgan fingerprint density at radius 1 is 1.14 bits per heavy atom. The molecule has 2 heterocycles. The van der Waals surface area contributed by atoms with Crippen LogP contribution in [0.15, 0.2) is 54.7 Å². The van der Waals surface area contributed by atoms with Crippen LogP contribution in [-0.2, 0) is 13.0 Å². The molecule has 5 nitrogen and oxygen atoms in total. The van der Waals surface area contributed by atoms with Gasteiger partial charge in [-0.15, -0.1) is 0 Å². The zero-order valence-electron chi connectivity index (χ0n) is 16.0. The number of ether oxygens (including phenoxy) is 2. The van der Waals surface area contributed by atoms with E-state index in [1.807, 2.05) is 49.4 Å². The molecule has 0 fully saturated rings. The minimum absolute atomic E-state index is 0.0776. The molecule has 0 saturated heterocycles. The van der Waals surface area contributed by atoms with Gasteiger partial charge in [0.2, 0.25) is 0 Å². The molecule has 0 spiro atoms. The van der Waals surface area contributed by atoms with Crippen LogP contribution < -0.4 is 14.8 Å². The summed E-state index contributed by atoms with van der Waals surface area (Å²) in [4.78, 5) is 16.3. The molecular weight excluding hydrogens is 352 g/mol. The summed E-state index contributed by atoms with van der Waals surface area (Å²) in [6.07, 6.45) is 2.74. The van der Waals surface area contributed by atoms with Crippen molar-refractivity contribution >= 4 is 5.91 Å². The molecule has 0 saturated carbocycles. The second kappa shape index (κ2) is 7.72. The fourth-order valence-electron chi connectivity index (χ4n) is 3.36. The quantitative estimate of drug-likeness (QED) is 0.735. The van der Waals surface area contributed by atoms with Gasteiger partial charge in [-0.05, 0) is 53.4 Å². The van der Waals surface area contributed by atoms with E-state index >= 15 is 0 Å². The molecule has 1 aliphatic heterocycles. The number of benzene rings is 2. The lowest BCUT2D eigenvalue weighted by molar-refractivity contribution is 0.0962. The van der Waals surface area contributed by atoms with Crippen LogP contribution in [0.3, 0.4) is 0 Å². The molecule has 0 unspecified atom stereocenters. The maximum absolute atomic E-state index is 11.9. The highest BCUT2D eigenvalue weighted by molar-refractivity contribution is 5.96. The van der Waals surface area contributed by atoms with Crippen LogP contribution in [0.4, 0.5) is 0 Å². The molecule has 142 valence electrons. The molecule has 2 aromatic carbocycles. The van der Waals surface area contributed by atoms with Crippen LogP contribution >= 0.6 is 0 Å². The van der Waals surface area contributed by atoms with Gasteiger partial charge in [0.05, 0.1) is 12.3 Å². The molecule has 1 aliphatic rings. The Kier molecular flexibility index (Phi) is 4.98. The van der Waals surface area contributed by atoms with E-state index in [1.54, 1.807) is 13.2 Å². The summed E-state index contributed by atoms with van der Waals surface area (Å²) in [5.41, 5.74) is 5.76. The van der Waals surface area contributed by atoms with E-state index in [-0.39, 0.29) is 5.91 Å². The Morgan fingerprint density at radius 2 is 2.00 bits per heavy atom. The van der Waals surface area contributed by atoms with Gasteiger partial charge < -0.3 is 14.8 Å². The number of nitrogens with one attached hydrogen (secondary N) is 1. The van der Waals surface area contributed by atoms with Gasteiger partial charge in [-0.1, -0.05) is 18.2 Å². The van der Waals surface area contributed by atoms with E-state index in [1.165, 1.54) is 5.56 Å². The topological polar surface area (TPSA) is 60.5 Å². The van der Waals surface area contributed by atoms with E-state index in [0.717, 1.165) is 46.9 Å². The SMILES string of the molecule is CNC(=O)c1ccc(-c2ccnc(COc3ccc4c(c3)OCC4)c2)cc1C. The fourth-order valence-corrected chi connectivity index (χ4v) is 3.36. The third-order valence-electron chi connectivity index (χ3n) is 4.90. The number of nitrogens with zero attached hydrogens (tertiary/aromatic N) is 1. The van der Waals surface area contributed by atoms with Crippen molar-refractivity contribution in [3.63, 3.8) is 0 Å². The van der Waals surface area contributed by atoms with Crippen molar-refractivity contribution in [2.75, 3.05) is 13.7 Å². The van der Waals surface area contributed by atoms with Crippen molar-refractivity contribution in [3.8, 4) is 22.6 Å². The molecule has 28 heavy (non-hydrogen) atoms. The Hall–Kier alpha value is -3.34. The fraction of sp³-hybridized carbons (Fsp3) is 0.217. The number of amides is 1. The van der Waals surface area contributed by atoms with Crippen molar-refractivity contribution in [2.45, 2.75) is 20.0 Å². The molecular formula is C23H22N2O3. The number of hydrogen-bond acceptors (Lipinski definition) is 4. The molecule has 3 aromatic rings. The average Bonchev–Trinajstić information content (AvgIpc) is 3.19. The number of pyridine rings is 1. The Labute approximate surface area is 164 Å². The molecule has 4 rings (SSSR count). The predicted molar refractivity (Wildman–Crippen MR) is 108 cm³/mol. The highest BCUT2D eigenvalue weighted by Crippen LogP contribution is 2.30. The van der Waals surface area contributed by atoms with E-state index in [0.29, 0.717) is 12.2 Å². The molecule has 0 atom stereocenters. The second-order valence-corrected chi connectivity index (χ2v) is 6.80. The Balaban J connectivity index is 1.50. The van der Waals surface area contributed by atoms with E-state index in [4.69, 9.17) is 9.47 Å². The van der Waals surface area contributed by atoms with Gasteiger partial charge in [-0.3, -0.25) is 9.78 Å². The zero-order valence-corrected chi connectivity index (χ0v) is 16.0. The summed E-state index contributed by atoms with van der Waals surface area (Å²) in [5, 5.41) is 2.66. The van der Waals surface area contributed by atoms with Crippen molar-refractivity contribution < 1.29 is 14.3 Å². The van der Waals surface area contributed by atoms with E-state index < -0.39 is 0 Å². The monoisotopic (exact) mass is 374 g/mol. The normalized spacial score (nSPS) is 12.2. The second-order valence-electron chi connectivity index (χ2n) is 6.80. The largest absolute Gasteiger partial charge is 0.493 e. The standard InChI is InChI=1S/C23H22N2O3/c1-15-11-17(4-6-21(15)23(26)24-2)18-7-9-25-19(12-18)14-28-20-5-3-16-8-10-27-22(16)13-20/h3-7,9,11-13H,8,10,14H2,1-2H3,(H,24,26). The number of carbonyl (C=O) groups is 1. The van der Waals surface area contributed by atoms with Crippen LogP contribution in [0.1, 0.15) is 27.2 Å². The Morgan fingerprint density at radius 3 is 2.82 bits per heavy atom. The number of fused-ring (bicyclic) bond motifs is 1.